The topological polar surface area (TPSA) is 91.5 Å². The Morgan fingerprint density at radius 2 is 1.92 bits per heavy atom. The molecule has 0 aliphatic rings. The van der Waals surface area contributed by atoms with Crippen LogP contribution in [0.2, 0.25) is 0 Å². The van der Waals surface area contributed by atoms with Crippen LogP contribution in [0.4, 0.5) is 0 Å². The molecule has 0 aromatic heterocycles. The van der Waals surface area contributed by atoms with Gasteiger partial charge in [-0.2, -0.15) is 8.42 Å². The zero-order valence-electron chi connectivity index (χ0n) is 6.47. The molecular formula is C4H10NO5S2+. The van der Waals surface area contributed by atoms with E-state index in [2.05, 4.69) is 0 Å². The number of hydrogen-bond acceptors (Lipinski definition) is 4. The first-order valence-electron chi connectivity index (χ1n) is 3.08. The van der Waals surface area contributed by atoms with Crippen LogP contribution in [0, 0.1) is 0 Å². The lowest BCUT2D eigenvalue weighted by Crippen LogP contribution is -2.12. The summed E-state index contributed by atoms with van der Waals surface area (Å²) in [6.45, 7) is 0.0793. The highest BCUT2D eigenvalue weighted by Gasteiger charge is 2.07. The van der Waals surface area contributed by atoms with Crippen LogP contribution in [-0.4, -0.2) is 44.7 Å². The summed E-state index contributed by atoms with van der Waals surface area (Å²) >= 11 is 0. The normalized spacial score (nSPS) is 11.2. The molecule has 0 rings (SSSR count). The van der Waals surface area contributed by atoms with Gasteiger partial charge in [0.1, 0.15) is 0 Å². The Morgan fingerprint density at radius 1 is 1.42 bits per heavy atom. The van der Waals surface area contributed by atoms with E-state index in [0.29, 0.717) is 0 Å². The molecule has 72 valence electrons. The Morgan fingerprint density at radius 3 is 2.25 bits per heavy atom. The lowest BCUT2D eigenvalue weighted by molar-refractivity contribution is -0.471. The molecule has 8 heteroatoms. The van der Waals surface area contributed by atoms with Gasteiger partial charge in [0, 0.05) is 6.42 Å². The van der Waals surface area contributed by atoms with Crippen molar-refractivity contribution in [3.63, 3.8) is 0 Å². The maximum Gasteiger partial charge on any atom is 0.458 e. The summed E-state index contributed by atoms with van der Waals surface area (Å²) in [4.78, 5) is 0. The van der Waals surface area contributed by atoms with Crippen LogP contribution in [0.25, 0.3) is 0 Å². The summed E-state index contributed by atoms with van der Waals surface area (Å²) in [5.41, 5.74) is 0. The minimum atomic E-state index is -3.97. The molecule has 0 spiro atoms. The Labute approximate surface area is 72.3 Å². The molecule has 0 unspecified atom stereocenters. The summed E-state index contributed by atoms with van der Waals surface area (Å²) < 4.78 is 49.9. The van der Waals surface area contributed by atoms with E-state index in [9.17, 15) is 16.8 Å². The SMILES string of the molecule is C[N+](CCCS(=O)(=O)O)=S(=O)=O. The monoisotopic (exact) mass is 216 g/mol. The van der Waals surface area contributed by atoms with E-state index in [1.165, 1.54) is 7.05 Å². The van der Waals surface area contributed by atoms with E-state index in [0.717, 1.165) is 3.95 Å². The smallest absolute Gasteiger partial charge is 0.286 e. The van der Waals surface area contributed by atoms with Gasteiger partial charge in [0.2, 0.25) is 0 Å². The molecule has 1 N–H and O–H groups in total. The summed E-state index contributed by atoms with van der Waals surface area (Å²) in [7, 11) is -4.99. The lowest BCUT2D eigenvalue weighted by Gasteiger charge is -1.91. The van der Waals surface area contributed by atoms with E-state index in [4.69, 9.17) is 4.55 Å². The zero-order valence-corrected chi connectivity index (χ0v) is 8.10. The van der Waals surface area contributed by atoms with Crippen molar-refractivity contribution >= 4 is 20.6 Å². The van der Waals surface area contributed by atoms with Crippen LogP contribution in [0.1, 0.15) is 6.42 Å². The molecule has 0 bridgehead atoms. The molecule has 0 fully saturated rings. The van der Waals surface area contributed by atoms with Gasteiger partial charge >= 0.3 is 10.5 Å². The quantitative estimate of drug-likeness (QED) is 0.479. The third-order valence-corrected chi connectivity index (χ3v) is 2.63. The van der Waals surface area contributed by atoms with E-state index in [1.807, 2.05) is 0 Å². The van der Waals surface area contributed by atoms with Gasteiger partial charge in [-0.25, -0.2) is 0 Å². The van der Waals surface area contributed by atoms with E-state index in [-0.39, 0.29) is 13.0 Å². The van der Waals surface area contributed by atoms with Crippen LogP contribution in [0.15, 0.2) is 0 Å². The third-order valence-electron chi connectivity index (χ3n) is 1.13. The maximum atomic E-state index is 10.2. The summed E-state index contributed by atoms with van der Waals surface area (Å²) in [6, 6.07) is 0. The summed E-state index contributed by atoms with van der Waals surface area (Å²) in [5.74, 6) is -0.422. The molecule has 0 aromatic carbocycles. The van der Waals surface area contributed by atoms with Gasteiger partial charge in [-0.3, -0.25) is 4.55 Å². The van der Waals surface area contributed by atoms with Crippen LogP contribution in [0.3, 0.4) is 0 Å². The van der Waals surface area contributed by atoms with Crippen LogP contribution < -0.4 is 0 Å². The second-order valence-corrected chi connectivity index (χ2v) is 4.84. The molecule has 0 aliphatic heterocycles. The van der Waals surface area contributed by atoms with Crippen LogP contribution in [0.5, 0.6) is 0 Å². The first-order chi connectivity index (χ1) is 5.33. The van der Waals surface area contributed by atoms with Crippen molar-refractivity contribution < 1.29 is 25.3 Å². The van der Waals surface area contributed by atoms with Gasteiger partial charge in [0.15, 0.2) is 13.6 Å². The van der Waals surface area contributed by atoms with Crippen molar-refractivity contribution in [3.8, 4) is 0 Å². The Bertz CT molecular complexity index is 356. The standard InChI is InChI=1S/C4H9NO5S2/c1-5(11(6)7)3-2-4-12(8,9)10/h2-4H2,1H3/p+1. The molecule has 0 aromatic rings. The zero-order chi connectivity index (χ0) is 9.78. The van der Waals surface area contributed by atoms with Gasteiger partial charge in [-0.1, -0.05) is 0 Å². The highest BCUT2D eigenvalue weighted by atomic mass is 32.2. The lowest BCUT2D eigenvalue weighted by atomic mass is 10.5. The average molecular weight is 216 g/mol. The minimum absolute atomic E-state index is 0.0793. The Hall–Kier alpha value is -0.470. The highest BCUT2D eigenvalue weighted by Crippen LogP contribution is 1.87. The molecule has 0 saturated heterocycles. The number of rotatable bonds is 4. The average Bonchev–Trinajstić information content (AvgIpc) is 1.84. The van der Waals surface area contributed by atoms with Crippen molar-refractivity contribution in [1.29, 1.82) is 0 Å². The van der Waals surface area contributed by atoms with Gasteiger partial charge < -0.3 is 0 Å². The fourth-order valence-electron chi connectivity index (χ4n) is 0.544. The molecule has 0 radical (unpaired) electrons. The van der Waals surface area contributed by atoms with Crippen molar-refractivity contribution in [2.24, 2.45) is 0 Å². The second-order valence-electron chi connectivity index (χ2n) is 2.21. The van der Waals surface area contributed by atoms with E-state index in [1.54, 1.807) is 0 Å². The predicted octanol–water partition coefficient (Wildman–Crippen LogP) is -1.03. The molecule has 0 atom stereocenters. The minimum Gasteiger partial charge on any atom is -0.286 e. The second kappa shape index (κ2) is 4.53. The van der Waals surface area contributed by atoms with Crippen LogP contribution in [-0.2, 0) is 20.6 Å². The van der Waals surface area contributed by atoms with E-state index < -0.39 is 26.4 Å². The van der Waals surface area contributed by atoms with Crippen molar-refractivity contribution in [3.05, 3.63) is 0 Å². The van der Waals surface area contributed by atoms with Crippen molar-refractivity contribution in [2.45, 2.75) is 6.42 Å². The summed E-state index contributed by atoms with van der Waals surface area (Å²) in [5, 5.41) is 0. The number of nitrogens with zero attached hydrogens (tertiary/aromatic N) is 1. The first kappa shape index (κ1) is 11.5. The fraction of sp³-hybridized carbons (Fsp3) is 1.00. The highest BCUT2D eigenvalue weighted by molar-refractivity contribution is 7.85. The molecule has 0 amide bonds. The van der Waals surface area contributed by atoms with Crippen molar-refractivity contribution in [2.75, 3.05) is 19.3 Å². The predicted molar refractivity (Wildman–Crippen MR) is 41.0 cm³/mol. The van der Waals surface area contributed by atoms with Gasteiger partial charge in [0.05, 0.1) is 5.75 Å². The van der Waals surface area contributed by atoms with Gasteiger partial charge in [0.25, 0.3) is 10.1 Å². The maximum absolute atomic E-state index is 10.2. The molecule has 6 nitrogen and oxygen atoms in total. The summed E-state index contributed by atoms with van der Waals surface area (Å²) in [6.07, 6.45) is 0.0866. The first-order valence-corrected chi connectivity index (χ1v) is 5.72. The molecule has 0 aliphatic carbocycles. The fourth-order valence-corrected chi connectivity index (χ4v) is 1.32. The van der Waals surface area contributed by atoms with Crippen LogP contribution >= 0.6 is 0 Å². The molecular weight excluding hydrogens is 206 g/mol. The largest absolute Gasteiger partial charge is 0.458 e. The van der Waals surface area contributed by atoms with Gasteiger partial charge in [-0.15, -0.1) is 12.4 Å². The Balaban J connectivity index is 3.98. The third kappa shape index (κ3) is 6.25. The Kier molecular flexibility index (Phi) is 4.35. The van der Waals surface area contributed by atoms with Crippen molar-refractivity contribution in [1.82, 2.24) is 0 Å². The number of hydrogen-bond donors (Lipinski definition) is 1. The van der Waals surface area contributed by atoms with E-state index >= 15 is 0 Å². The molecule has 0 heterocycles. The molecule has 0 saturated carbocycles. The molecule has 12 heavy (non-hydrogen) atoms. The van der Waals surface area contributed by atoms with Gasteiger partial charge in [-0.05, 0) is 0 Å².